The van der Waals surface area contributed by atoms with Gasteiger partial charge >= 0.3 is 12.1 Å². The molecular weight excluding hydrogens is 683 g/mol. The van der Waals surface area contributed by atoms with Gasteiger partial charge in [-0.2, -0.15) is 13.2 Å². The molecule has 15 heteroatoms. The molecule has 0 aliphatic carbocycles. The number of carbonyl (C=O) groups is 3. The summed E-state index contributed by atoms with van der Waals surface area (Å²) in [6, 6.07) is 18.4. The van der Waals surface area contributed by atoms with Gasteiger partial charge < -0.3 is 40.8 Å². The molecule has 1 saturated heterocycles. The van der Waals surface area contributed by atoms with Gasteiger partial charge in [-0.15, -0.1) is 0 Å². The van der Waals surface area contributed by atoms with Crippen molar-refractivity contribution in [3.63, 3.8) is 0 Å². The molecule has 276 valence electrons. The molecule has 1 aromatic heterocycles. The zero-order valence-electron chi connectivity index (χ0n) is 28.4. The summed E-state index contributed by atoms with van der Waals surface area (Å²) in [6.07, 6.45) is -6.01. The van der Waals surface area contributed by atoms with Crippen LogP contribution >= 0.6 is 0 Å². The Morgan fingerprint density at radius 2 is 1.73 bits per heavy atom. The molecule has 12 nitrogen and oxygen atoms in total. The molecule has 3 aromatic carbocycles. The zero-order chi connectivity index (χ0) is 37.4. The summed E-state index contributed by atoms with van der Waals surface area (Å²) in [5.41, 5.74) is 4.03. The fraction of sp³-hybridized carbons (Fsp3) is 0.351. The van der Waals surface area contributed by atoms with Crippen LogP contribution in [0.4, 0.5) is 18.9 Å². The van der Waals surface area contributed by atoms with Crippen molar-refractivity contribution >= 4 is 34.4 Å². The molecule has 0 spiro atoms. The van der Waals surface area contributed by atoms with Crippen LogP contribution in [0, 0.1) is 6.92 Å². The van der Waals surface area contributed by atoms with Gasteiger partial charge in [0.05, 0.1) is 11.6 Å². The number of fused-ring (bicyclic) bond motifs is 1. The van der Waals surface area contributed by atoms with Crippen molar-refractivity contribution in [2.45, 2.75) is 57.7 Å². The van der Waals surface area contributed by atoms with Crippen LogP contribution in [0.15, 0.2) is 71.5 Å². The predicted octanol–water partition coefficient (Wildman–Crippen LogP) is 4.19. The maximum absolute atomic E-state index is 13.1. The summed E-state index contributed by atoms with van der Waals surface area (Å²) in [5, 5.41) is 30.3. The number of H-pyrrole nitrogens is 1. The first-order chi connectivity index (χ1) is 24.8. The number of likely N-dealkylation sites (tertiary alicyclic amines) is 1. The van der Waals surface area contributed by atoms with E-state index in [4.69, 9.17) is 0 Å². The topological polar surface area (TPSA) is 173 Å². The highest BCUT2D eigenvalue weighted by molar-refractivity contribution is 6.04. The summed E-state index contributed by atoms with van der Waals surface area (Å²) in [6.45, 7) is 3.96. The van der Waals surface area contributed by atoms with Gasteiger partial charge in [-0.25, -0.2) is 4.79 Å². The highest BCUT2D eigenvalue weighted by Crippen LogP contribution is 2.28. The molecule has 2 heterocycles. The average Bonchev–Trinajstić information content (AvgIpc) is 3.11. The predicted molar refractivity (Wildman–Crippen MR) is 187 cm³/mol. The van der Waals surface area contributed by atoms with Crippen LogP contribution in [0.3, 0.4) is 0 Å². The number of rotatable bonds is 13. The summed E-state index contributed by atoms with van der Waals surface area (Å²) >= 11 is 0. The molecule has 52 heavy (non-hydrogen) atoms. The molecule has 0 bridgehead atoms. The lowest BCUT2D eigenvalue weighted by Crippen LogP contribution is -2.41. The molecule has 6 N–H and O–H groups in total. The minimum atomic E-state index is -5.02. The Morgan fingerprint density at radius 1 is 1.00 bits per heavy atom. The lowest BCUT2D eigenvalue weighted by Gasteiger charge is -2.31. The molecule has 0 radical (unpaired) electrons. The number of aliphatic hydroxyl groups excluding tert-OH is 1. The normalized spacial score (nSPS) is 14.6. The number of piperidine rings is 1. The number of halogens is 3. The number of pyridine rings is 1. The number of amides is 2. The number of aromatic nitrogens is 1. The van der Waals surface area contributed by atoms with Crippen molar-refractivity contribution in [2.24, 2.45) is 0 Å². The molecule has 0 unspecified atom stereocenters. The van der Waals surface area contributed by atoms with Crippen molar-refractivity contribution in [1.82, 2.24) is 20.5 Å². The number of ether oxygens (including phenoxy) is 1. The van der Waals surface area contributed by atoms with E-state index in [0.29, 0.717) is 48.4 Å². The van der Waals surface area contributed by atoms with Crippen LogP contribution in [-0.4, -0.2) is 76.3 Å². The number of aromatic amines is 1. The zero-order valence-corrected chi connectivity index (χ0v) is 28.4. The van der Waals surface area contributed by atoms with E-state index in [9.17, 15) is 42.6 Å². The maximum Gasteiger partial charge on any atom is 0.490 e. The van der Waals surface area contributed by atoms with Gasteiger partial charge in [-0.05, 0) is 78.4 Å². The summed E-state index contributed by atoms with van der Waals surface area (Å²) in [5.74, 6) is -2.80. The third-order valence-electron chi connectivity index (χ3n) is 8.93. The Kier molecular flexibility index (Phi) is 12.3. The number of alkyl halides is 3. The maximum atomic E-state index is 13.1. The monoisotopic (exact) mass is 723 g/mol. The van der Waals surface area contributed by atoms with Crippen LogP contribution in [-0.2, 0) is 27.4 Å². The van der Waals surface area contributed by atoms with E-state index in [2.05, 4.69) is 25.7 Å². The van der Waals surface area contributed by atoms with Crippen molar-refractivity contribution in [3.8, 4) is 5.75 Å². The first kappa shape index (κ1) is 38.0. The van der Waals surface area contributed by atoms with Gasteiger partial charge in [-0.3, -0.25) is 14.4 Å². The number of phenolic OH excluding ortho intramolecular Hbond substituents is 1. The first-order valence-corrected chi connectivity index (χ1v) is 16.8. The molecule has 1 atom stereocenters. The average molecular weight is 724 g/mol. The summed E-state index contributed by atoms with van der Waals surface area (Å²) in [7, 11) is 0. The standard InChI is InChI=1S/C37H40F3N5O7/c1-22-2-5-24(18-25(22)20-42-32(48)14-17-45-15-12-27(13-16-45)52-36(51)37(38,39)40)35(50)43-26-6-3-23(4-7-26)19-41-21-31(47)28-8-10-30(46)34-29(28)9-11-33(49)44-34/h2-11,18,27,31,41,46-47H,12-17,19-21H2,1H3,(H,42,48)(H,43,50)(H,44,49)/t31-/m0/s1. The van der Waals surface area contributed by atoms with Crippen molar-refractivity contribution < 1.29 is 42.5 Å². The number of hydrogen-bond donors (Lipinski definition) is 6. The van der Waals surface area contributed by atoms with Crippen molar-refractivity contribution in [3.05, 3.63) is 105 Å². The Bertz CT molecular complexity index is 1960. The lowest BCUT2D eigenvalue weighted by atomic mass is 10.0. The van der Waals surface area contributed by atoms with Crippen LogP contribution < -0.4 is 21.5 Å². The fourth-order valence-corrected chi connectivity index (χ4v) is 5.94. The van der Waals surface area contributed by atoms with Gasteiger partial charge in [0.15, 0.2) is 0 Å². The second-order valence-corrected chi connectivity index (χ2v) is 12.7. The number of carbonyl (C=O) groups excluding carboxylic acids is 3. The Balaban J connectivity index is 1.04. The number of nitrogens with zero attached hydrogens (tertiary/aromatic N) is 1. The Morgan fingerprint density at radius 3 is 2.44 bits per heavy atom. The molecule has 4 aromatic rings. The minimum absolute atomic E-state index is 0.0811. The highest BCUT2D eigenvalue weighted by atomic mass is 19.4. The van der Waals surface area contributed by atoms with E-state index < -0.39 is 24.4 Å². The van der Waals surface area contributed by atoms with E-state index in [1.54, 1.807) is 42.5 Å². The van der Waals surface area contributed by atoms with Crippen molar-refractivity contribution in [2.75, 3.05) is 31.5 Å². The number of aliphatic hydroxyl groups is 1. The van der Waals surface area contributed by atoms with Gasteiger partial charge in [0.2, 0.25) is 11.5 Å². The largest absolute Gasteiger partial charge is 0.506 e. The van der Waals surface area contributed by atoms with E-state index in [1.165, 1.54) is 12.1 Å². The second kappa shape index (κ2) is 16.8. The van der Waals surface area contributed by atoms with E-state index in [0.717, 1.165) is 16.7 Å². The van der Waals surface area contributed by atoms with Gasteiger partial charge in [0.25, 0.3) is 5.91 Å². The van der Waals surface area contributed by atoms with Gasteiger partial charge in [0.1, 0.15) is 11.9 Å². The minimum Gasteiger partial charge on any atom is -0.506 e. The van der Waals surface area contributed by atoms with Crippen LogP contribution in [0.5, 0.6) is 5.75 Å². The third kappa shape index (κ3) is 10.2. The van der Waals surface area contributed by atoms with Gasteiger partial charge in [-0.1, -0.05) is 24.3 Å². The molecule has 5 rings (SSSR count). The number of hydrogen-bond acceptors (Lipinski definition) is 9. The molecule has 1 aliphatic heterocycles. The number of esters is 1. The van der Waals surface area contributed by atoms with Crippen LogP contribution in [0.25, 0.3) is 10.9 Å². The number of aromatic hydroxyl groups is 1. The fourth-order valence-electron chi connectivity index (χ4n) is 5.94. The SMILES string of the molecule is Cc1ccc(C(=O)Nc2ccc(CNC[C@H](O)c3ccc(O)c4[nH]c(=O)ccc34)cc2)cc1CNC(=O)CCN1CCC(OC(=O)C(F)(F)F)CC1. The number of aryl methyl sites for hydroxylation is 1. The number of anilines is 1. The van der Waals surface area contributed by atoms with E-state index in [1.807, 2.05) is 24.0 Å². The smallest absolute Gasteiger partial charge is 0.490 e. The van der Waals surface area contributed by atoms with Crippen LogP contribution in [0.1, 0.15) is 58.0 Å². The van der Waals surface area contributed by atoms with E-state index in [-0.39, 0.29) is 61.0 Å². The molecular formula is C37H40F3N5O7. The quantitative estimate of drug-likeness (QED) is 0.111. The molecule has 0 saturated carbocycles. The van der Waals surface area contributed by atoms with Crippen molar-refractivity contribution in [1.29, 1.82) is 0 Å². The number of phenols is 1. The lowest BCUT2D eigenvalue weighted by molar-refractivity contribution is -0.206. The number of benzene rings is 3. The summed E-state index contributed by atoms with van der Waals surface area (Å²) in [4.78, 5) is 52.9. The molecule has 2 amide bonds. The summed E-state index contributed by atoms with van der Waals surface area (Å²) < 4.78 is 41.8. The Hall–Kier alpha value is -5.25. The van der Waals surface area contributed by atoms with Crippen LogP contribution in [0.2, 0.25) is 0 Å². The molecule has 1 fully saturated rings. The third-order valence-corrected chi connectivity index (χ3v) is 8.93. The molecule has 1 aliphatic rings. The van der Waals surface area contributed by atoms with E-state index >= 15 is 0 Å². The second-order valence-electron chi connectivity index (χ2n) is 12.7. The highest BCUT2D eigenvalue weighted by Gasteiger charge is 2.42. The van der Waals surface area contributed by atoms with Gasteiger partial charge in [0, 0.05) is 68.4 Å². The first-order valence-electron chi connectivity index (χ1n) is 16.8. The number of nitrogens with one attached hydrogen (secondary N) is 4. The Labute approximate surface area is 297 Å².